The van der Waals surface area contributed by atoms with E-state index in [0.29, 0.717) is 5.56 Å². The summed E-state index contributed by atoms with van der Waals surface area (Å²) in [5.41, 5.74) is 0.398. The molecular formula is C12H14BrNO2. The number of carbonyl (C=O) groups excluding carboxylic acids is 1. The molecule has 1 aliphatic rings. The summed E-state index contributed by atoms with van der Waals surface area (Å²) in [6.07, 6.45) is 2.07. The molecule has 1 aliphatic heterocycles. The molecule has 0 aromatic heterocycles. The Morgan fingerprint density at radius 2 is 2.25 bits per heavy atom. The van der Waals surface area contributed by atoms with Crippen molar-refractivity contribution in [3.63, 3.8) is 0 Å². The molecule has 1 N–H and O–H groups in total. The smallest absolute Gasteiger partial charge is 0.257 e. The van der Waals surface area contributed by atoms with Gasteiger partial charge in [0.2, 0.25) is 0 Å². The number of hydrogen-bond acceptors (Lipinski definition) is 2. The number of likely N-dealkylation sites (tertiary alicyclic amines) is 1. The van der Waals surface area contributed by atoms with Crippen LogP contribution in [0.4, 0.5) is 0 Å². The number of rotatable bonds is 2. The molecule has 4 heteroatoms. The van der Waals surface area contributed by atoms with Crippen LogP contribution in [0.25, 0.3) is 0 Å². The van der Waals surface area contributed by atoms with E-state index in [0.717, 1.165) is 24.7 Å². The number of halogens is 1. The highest BCUT2D eigenvalue weighted by Crippen LogP contribution is 2.24. The van der Waals surface area contributed by atoms with Crippen molar-refractivity contribution in [3.8, 4) is 5.75 Å². The van der Waals surface area contributed by atoms with Crippen LogP contribution in [-0.2, 0) is 0 Å². The Morgan fingerprint density at radius 1 is 1.50 bits per heavy atom. The number of nitrogens with zero attached hydrogens (tertiary/aromatic N) is 1. The zero-order valence-electron chi connectivity index (χ0n) is 8.90. The Balaban J connectivity index is 2.22. The molecule has 1 saturated heterocycles. The van der Waals surface area contributed by atoms with Crippen LogP contribution in [0.3, 0.4) is 0 Å². The van der Waals surface area contributed by atoms with Gasteiger partial charge in [-0.25, -0.2) is 0 Å². The maximum atomic E-state index is 12.2. The monoisotopic (exact) mass is 283 g/mol. The van der Waals surface area contributed by atoms with Gasteiger partial charge in [-0.3, -0.25) is 4.79 Å². The van der Waals surface area contributed by atoms with Gasteiger partial charge in [-0.15, -0.1) is 0 Å². The molecule has 1 aromatic rings. The van der Waals surface area contributed by atoms with Gasteiger partial charge in [0.05, 0.1) is 5.56 Å². The molecule has 0 aliphatic carbocycles. The van der Waals surface area contributed by atoms with Gasteiger partial charge in [0, 0.05) is 17.9 Å². The predicted octanol–water partition coefficient (Wildman–Crippen LogP) is 2.39. The number of carbonyl (C=O) groups is 1. The first-order chi connectivity index (χ1) is 7.74. The number of benzene rings is 1. The van der Waals surface area contributed by atoms with Gasteiger partial charge >= 0.3 is 0 Å². The van der Waals surface area contributed by atoms with E-state index in [1.165, 1.54) is 0 Å². The lowest BCUT2D eigenvalue weighted by Gasteiger charge is -2.23. The van der Waals surface area contributed by atoms with E-state index in [-0.39, 0.29) is 17.7 Å². The first kappa shape index (κ1) is 11.5. The van der Waals surface area contributed by atoms with Crippen molar-refractivity contribution in [3.05, 3.63) is 29.8 Å². The number of alkyl halides is 1. The predicted molar refractivity (Wildman–Crippen MR) is 66.0 cm³/mol. The fraction of sp³-hybridized carbons (Fsp3) is 0.417. The number of para-hydroxylation sites is 1. The van der Waals surface area contributed by atoms with Crippen molar-refractivity contribution >= 4 is 21.8 Å². The number of hydrogen-bond donors (Lipinski definition) is 1. The minimum atomic E-state index is -0.0694. The van der Waals surface area contributed by atoms with Crippen LogP contribution in [0, 0.1) is 0 Å². The van der Waals surface area contributed by atoms with Gasteiger partial charge < -0.3 is 10.0 Å². The number of phenolic OH excluding ortho intramolecular Hbond substituents is 1. The molecule has 0 radical (unpaired) electrons. The second-order valence-corrected chi connectivity index (χ2v) is 4.61. The minimum Gasteiger partial charge on any atom is -0.507 e. The number of aromatic hydroxyl groups is 1. The molecule has 3 nitrogen and oxygen atoms in total. The maximum absolute atomic E-state index is 12.2. The summed E-state index contributed by atoms with van der Waals surface area (Å²) in [7, 11) is 0. The zero-order valence-corrected chi connectivity index (χ0v) is 10.5. The van der Waals surface area contributed by atoms with Gasteiger partial charge in [-0.05, 0) is 25.0 Å². The Kier molecular flexibility index (Phi) is 3.49. The highest BCUT2D eigenvalue weighted by Gasteiger charge is 2.29. The van der Waals surface area contributed by atoms with Gasteiger partial charge in [0.1, 0.15) is 5.75 Å². The lowest BCUT2D eigenvalue weighted by molar-refractivity contribution is 0.0747. The van der Waals surface area contributed by atoms with Crippen molar-refractivity contribution in [2.75, 3.05) is 11.9 Å². The van der Waals surface area contributed by atoms with Gasteiger partial charge in [-0.2, -0.15) is 0 Å². The third-order valence-electron chi connectivity index (χ3n) is 2.95. The van der Waals surface area contributed by atoms with Crippen LogP contribution in [0.1, 0.15) is 23.2 Å². The first-order valence-corrected chi connectivity index (χ1v) is 6.51. The fourth-order valence-corrected chi connectivity index (χ4v) is 2.75. The van der Waals surface area contributed by atoms with E-state index in [1.54, 1.807) is 24.3 Å². The topological polar surface area (TPSA) is 40.5 Å². The Hall–Kier alpha value is -1.03. The van der Waals surface area contributed by atoms with Gasteiger partial charge in [0.15, 0.2) is 0 Å². The average molecular weight is 284 g/mol. The summed E-state index contributed by atoms with van der Waals surface area (Å²) in [5, 5.41) is 10.4. The SMILES string of the molecule is O=C(c1ccccc1O)N1CCCC1CBr. The third kappa shape index (κ3) is 2.07. The van der Waals surface area contributed by atoms with Crippen LogP contribution in [0.5, 0.6) is 5.75 Å². The quantitative estimate of drug-likeness (QED) is 0.847. The van der Waals surface area contributed by atoms with Crippen molar-refractivity contribution in [1.82, 2.24) is 4.90 Å². The summed E-state index contributed by atoms with van der Waals surface area (Å²) in [5.74, 6) is -0.00669. The van der Waals surface area contributed by atoms with E-state index in [1.807, 2.05) is 4.90 Å². The Bertz CT molecular complexity index is 394. The molecule has 86 valence electrons. The van der Waals surface area contributed by atoms with Gasteiger partial charge in [-0.1, -0.05) is 28.1 Å². The van der Waals surface area contributed by atoms with E-state index in [9.17, 15) is 9.90 Å². The Morgan fingerprint density at radius 3 is 2.94 bits per heavy atom. The molecule has 1 fully saturated rings. The minimum absolute atomic E-state index is 0.0627. The van der Waals surface area contributed by atoms with E-state index < -0.39 is 0 Å². The summed E-state index contributed by atoms with van der Waals surface area (Å²) in [6.45, 7) is 0.781. The third-order valence-corrected chi connectivity index (χ3v) is 3.70. The van der Waals surface area contributed by atoms with Crippen LogP contribution in [0.15, 0.2) is 24.3 Å². The highest BCUT2D eigenvalue weighted by molar-refractivity contribution is 9.09. The number of phenols is 1. The standard InChI is InChI=1S/C12H14BrNO2/c13-8-9-4-3-7-14(9)12(16)10-5-1-2-6-11(10)15/h1-2,5-6,9,15H,3-4,7-8H2. The molecular weight excluding hydrogens is 270 g/mol. The van der Waals surface area contributed by atoms with Crippen LogP contribution < -0.4 is 0 Å². The van der Waals surface area contributed by atoms with Crippen LogP contribution in [0.2, 0.25) is 0 Å². The summed E-state index contributed by atoms with van der Waals surface area (Å²) >= 11 is 3.42. The molecule has 0 saturated carbocycles. The second-order valence-electron chi connectivity index (χ2n) is 3.97. The molecule has 1 aromatic carbocycles. The van der Waals surface area contributed by atoms with Crippen molar-refractivity contribution in [2.45, 2.75) is 18.9 Å². The molecule has 0 spiro atoms. The maximum Gasteiger partial charge on any atom is 0.257 e. The van der Waals surface area contributed by atoms with Crippen molar-refractivity contribution in [1.29, 1.82) is 0 Å². The van der Waals surface area contributed by atoms with Crippen molar-refractivity contribution in [2.24, 2.45) is 0 Å². The largest absolute Gasteiger partial charge is 0.507 e. The molecule has 1 atom stereocenters. The molecule has 16 heavy (non-hydrogen) atoms. The fourth-order valence-electron chi connectivity index (χ4n) is 2.07. The van der Waals surface area contributed by atoms with E-state index >= 15 is 0 Å². The average Bonchev–Trinajstić information content (AvgIpc) is 2.77. The normalized spacial score (nSPS) is 20.1. The van der Waals surface area contributed by atoms with Crippen LogP contribution >= 0.6 is 15.9 Å². The molecule has 1 amide bonds. The van der Waals surface area contributed by atoms with E-state index in [4.69, 9.17) is 0 Å². The summed E-state index contributed by atoms with van der Waals surface area (Å²) in [6, 6.07) is 6.96. The zero-order chi connectivity index (χ0) is 11.5. The lowest BCUT2D eigenvalue weighted by atomic mass is 10.1. The second kappa shape index (κ2) is 4.87. The summed E-state index contributed by atoms with van der Waals surface area (Å²) in [4.78, 5) is 14.0. The van der Waals surface area contributed by atoms with Crippen molar-refractivity contribution < 1.29 is 9.90 Å². The molecule has 0 bridgehead atoms. The van der Waals surface area contributed by atoms with Gasteiger partial charge in [0.25, 0.3) is 5.91 Å². The van der Waals surface area contributed by atoms with Crippen LogP contribution in [-0.4, -0.2) is 33.8 Å². The summed E-state index contributed by atoms with van der Waals surface area (Å²) < 4.78 is 0. The van der Waals surface area contributed by atoms with E-state index in [2.05, 4.69) is 15.9 Å². The Labute approximate surface area is 103 Å². The number of amides is 1. The molecule has 1 unspecified atom stereocenters. The molecule has 1 heterocycles. The molecule has 2 rings (SSSR count). The first-order valence-electron chi connectivity index (χ1n) is 5.39. The highest BCUT2D eigenvalue weighted by atomic mass is 79.9. The lowest BCUT2D eigenvalue weighted by Crippen LogP contribution is -2.36.